The molecule has 0 spiro atoms. The third-order valence-electron chi connectivity index (χ3n) is 12.6. The third-order valence-corrected chi connectivity index (χ3v) is 13.6. The molecule has 0 aromatic heterocycles. The smallest absolute Gasteiger partial charge is 0.268 e. The van der Waals surface area contributed by atoms with Crippen LogP contribution < -0.4 is 10.2 Å². The van der Waals surface area contributed by atoms with Gasteiger partial charge in [-0.2, -0.15) is 0 Å². The first-order valence-electron chi connectivity index (χ1n) is 26.9. The molecule has 0 saturated carbocycles. The number of hydrogen-bond donors (Lipinski definition) is 2. The van der Waals surface area contributed by atoms with E-state index in [0.717, 1.165) is 38.5 Å². The van der Waals surface area contributed by atoms with Crippen molar-refractivity contribution >= 4 is 13.7 Å². The van der Waals surface area contributed by atoms with E-state index in [0.29, 0.717) is 23.9 Å². The van der Waals surface area contributed by atoms with Crippen molar-refractivity contribution in [1.29, 1.82) is 0 Å². The first-order chi connectivity index (χ1) is 29.5. The molecule has 1 amide bonds. The van der Waals surface area contributed by atoms with E-state index in [4.69, 9.17) is 9.05 Å². The highest BCUT2D eigenvalue weighted by Crippen LogP contribution is 2.38. The molecule has 366 valence electrons. The van der Waals surface area contributed by atoms with E-state index >= 15 is 0 Å². The Kier molecular flexibility index (Phi) is 44.3. The molecule has 0 aliphatic carbocycles. The Bertz CT molecular complexity index is 963. The zero-order valence-corrected chi connectivity index (χ0v) is 42.5. The Morgan fingerprint density at radius 3 is 1.11 bits per heavy atom. The van der Waals surface area contributed by atoms with Crippen LogP contribution in [0.4, 0.5) is 0 Å². The molecule has 2 N–H and O–H groups in total. The fourth-order valence-electron chi connectivity index (χ4n) is 8.34. The number of carbonyl (C=O) groups excluding carboxylic acids is 1. The lowest BCUT2D eigenvalue weighted by atomic mass is 10.0. The molecule has 9 heteroatoms. The molecular formula is C52H107N2O6P. The van der Waals surface area contributed by atoms with E-state index in [-0.39, 0.29) is 19.1 Å². The van der Waals surface area contributed by atoms with Crippen LogP contribution in [-0.2, 0) is 18.4 Å². The van der Waals surface area contributed by atoms with E-state index in [2.05, 4.69) is 19.2 Å². The lowest BCUT2D eigenvalue weighted by molar-refractivity contribution is -0.870. The number of nitrogens with zero attached hydrogens (tertiary/aromatic N) is 1. The molecule has 3 atom stereocenters. The van der Waals surface area contributed by atoms with Crippen molar-refractivity contribution in [1.82, 2.24) is 5.32 Å². The summed E-state index contributed by atoms with van der Waals surface area (Å²) in [6.45, 7) is 4.77. The average Bonchev–Trinajstić information content (AvgIpc) is 3.21. The third kappa shape index (κ3) is 47.3. The van der Waals surface area contributed by atoms with Gasteiger partial charge in [0.05, 0.1) is 39.9 Å². The van der Waals surface area contributed by atoms with Crippen LogP contribution in [0.25, 0.3) is 0 Å². The molecule has 0 aromatic carbocycles. The van der Waals surface area contributed by atoms with E-state index < -0.39 is 20.0 Å². The number of hydrogen-bond acceptors (Lipinski definition) is 6. The predicted octanol–water partition coefficient (Wildman–Crippen LogP) is 15.1. The summed E-state index contributed by atoms with van der Waals surface area (Å²) in [6.07, 6.45) is 51.2. The number of rotatable bonds is 50. The first-order valence-corrected chi connectivity index (χ1v) is 28.3. The summed E-state index contributed by atoms with van der Waals surface area (Å²) >= 11 is 0. The van der Waals surface area contributed by atoms with Crippen molar-refractivity contribution in [2.75, 3.05) is 40.9 Å². The topological polar surface area (TPSA) is 108 Å². The number of unbranched alkanes of at least 4 members (excludes halogenated alkanes) is 37. The monoisotopic (exact) mass is 887 g/mol. The van der Waals surface area contributed by atoms with Crippen LogP contribution in [0, 0.1) is 0 Å². The minimum absolute atomic E-state index is 0.0165. The molecule has 3 unspecified atom stereocenters. The van der Waals surface area contributed by atoms with Crippen LogP contribution in [0.1, 0.15) is 277 Å². The number of likely N-dealkylation sites (N-methyl/N-ethyl adjacent to an activating group) is 1. The van der Waals surface area contributed by atoms with Crippen LogP contribution >= 0.6 is 7.82 Å². The number of phosphoric acid groups is 1. The van der Waals surface area contributed by atoms with Gasteiger partial charge in [0.2, 0.25) is 5.91 Å². The van der Waals surface area contributed by atoms with Gasteiger partial charge in [0, 0.05) is 6.42 Å². The van der Waals surface area contributed by atoms with Crippen LogP contribution in [0.5, 0.6) is 0 Å². The quantitative estimate of drug-likeness (QED) is 0.0358. The largest absolute Gasteiger partial charge is 0.756 e. The van der Waals surface area contributed by atoms with Gasteiger partial charge in [-0.25, -0.2) is 0 Å². The first kappa shape index (κ1) is 60.5. The Morgan fingerprint density at radius 1 is 0.508 bits per heavy atom. The van der Waals surface area contributed by atoms with Gasteiger partial charge in [0.25, 0.3) is 7.82 Å². The van der Waals surface area contributed by atoms with Gasteiger partial charge in [-0.1, -0.05) is 258 Å². The highest BCUT2D eigenvalue weighted by Gasteiger charge is 2.24. The summed E-state index contributed by atoms with van der Waals surface area (Å²) in [4.78, 5) is 25.4. The average molecular weight is 887 g/mol. The Balaban J connectivity index is 4.17. The molecule has 0 aromatic rings. The molecule has 0 bridgehead atoms. The molecule has 0 aliphatic heterocycles. The lowest BCUT2D eigenvalue weighted by Gasteiger charge is -2.30. The second-order valence-corrected chi connectivity index (χ2v) is 21.4. The van der Waals surface area contributed by atoms with Crippen molar-refractivity contribution in [2.45, 2.75) is 289 Å². The maximum atomic E-state index is 12.9. The molecule has 0 fully saturated rings. The number of carbonyl (C=O) groups is 1. The van der Waals surface area contributed by atoms with Crippen LogP contribution in [0.15, 0.2) is 0 Å². The minimum Gasteiger partial charge on any atom is -0.756 e. The molecule has 0 aliphatic rings. The fraction of sp³-hybridized carbons (Fsp3) is 0.981. The van der Waals surface area contributed by atoms with Crippen molar-refractivity contribution in [3.63, 3.8) is 0 Å². The number of nitrogens with one attached hydrogen (secondary N) is 1. The van der Waals surface area contributed by atoms with Crippen LogP contribution in [-0.4, -0.2) is 68.5 Å². The summed E-state index contributed by atoms with van der Waals surface area (Å²) in [5, 5.41) is 14.0. The van der Waals surface area contributed by atoms with Crippen molar-refractivity contribution in [2.24, 2.45) is 0 Å². The van der Waals surface area contributed by atoms with Crippen LogP contribution in [0.2, 0.25) is 0 Å². The summed E-state index contributed by atoms with van der Waals surface area (Å²) in [5.41, 5.74) is 0. The summed E-state index contributed by atoms with van der Waals surface area (Å²) < 4.78 is 23.4. The summed E-state index contributed by atoms with van der Waals surface area (Å²) in [6, 6.07) is -0.794. The second kappa shape index (κ2) is 44.7. The van der Waals surface area contributed by atoms with E-state index in [9.17, 15) is 19.4 Å². The molecular weight excluding hydrogens is 780 g/mol. The minimum atomic E-state index is -4.56. The standard InChI is InChI=1S/C52H107N2O6P/c1-6-8-10-12-14-16-18-20-22-24-25-26-27-28-29-30-31-33-35-37-39-41-43-45-51(55)50(49-60-61(57,58)59-48-47-54(3,4)5)53-52(56)46-44-42-40-38-36-34-32-23-21-19-17-15-13-11-9-7-2/h50-51,55H,6-49H2,1-5H3,(H-,53,56,57,58). The Hall–Kier alpha value is -0.500. The van der Waals surface area contributed by atoms with E-state index in [1.165, 1.54) is 212 Å². The van der Waals surface area contributed by atoms with Gasteiger partial charge < -0.3 is 28.8 Å². The van der Waals surface area contributed by atoms with Gasteiger partial charge in [-0.15, -0.1) is 0 Å². The van der Waals surface area contributed by atoms with Crippen LogP contribution in [0.3, 0.4) is 0 Å². The van der Waals surface area contributed by atoms with Crippen molar-refractivity contribution in [3.8, 4) is 0 Å². The molecule has 61 heavy (non-hydrogen) atoms. The molecule has 8 nitrogen and oxygen atoms in total. The normalized spacial score (nSPS) is 14.0. The second-order valence-electron chi connectivity index (χ2n) is 20.0. The highest BCUT2D eigenvalue weighted by atomic mass is 31.2. The number of phosphoric ester groups is 1. The zero-order chi connectivity index (χ0) is 45.0. The number of aliphatic hydroxyl groups excluding tert-OH is 1. The number of quaternary nitrogens is 1. The molecule has 0 radical (unpaired) electrons. The summed E-state index contributed by atoms with van der Waals surface area (Å²) in [7, 11) is 1.32. The molecule has 0 rings (SSSR count). The Morgan fingerprint density at radius 2 is 0.803 bits per heavy atom. The van der Waals surface area contributed by atoms with Crippen molar-refractivity contribution < 1.29 is 32.9 Å². The van der Waals surface area contributed by atoms with Gasteiger partial charge in [0.1, 0.15) is 13.2 Å². The number of amides is 1. The highest BCUT2D eigenvalue weighted by molar-refractivity contribution is 7.45. The Labute approximate surface area is 380 Å². The maximum Gasteiger partial charge on any atom is 0.268 e. The summed E-state index contributed by atoms with van der Waals surface area (Å²) in [5.74, 6) is -0.158. The fourth-order valence-corrected chi connectivity index (χ4v) is 9.06. The van der Waals surface area contributed by atoms with Crippen molar-refractivity contribution in [3.05, 3.63) is 0 Å². The van der Waals surface area contributed by atoms with Gasteiger partial charge in [-0.05, 0) is 12.8 Å². The number of aliphatic hydroxyl groups is 1. The van der Waals surface area contributed by atoms with E-state index in [1.54, 1.807) is 0 Å². The lowest BCUT2D eigenvalue weighted by Crippen LogP contribution is -2.46. The van der Waals surface area contributed by atoms with Gasteiger partial charge in [-0.3, -0.25) is 9.36 Å². The van der Waals surface area contributed by atoms with Gasteiger partial charge >= 0.3 is 0 Å². The SMILES string of the molecule is CCCCCCCCCCCCCCCCCCCCCCCCCC(O)C(COP(=O)([O-])OCC[N+](C)(C)C)NC(=O)CCCCCCCCCCCCCCCCCC. The molecule has 0 heterocycles. The van der Waals surface area contributed by atoms with Gasteiger partial charge in [0.15, 0.2) is 0 Å². The zero-order valence-electron chi connectivity index (χ0n) is 41.7. The maximum absolute atomic E-state index is 12.9. The predicted molar refractivity (Wildman–Crippen MR) is 261 cm³/mol. The molecule has 0 saturated heterocycles. The van der Waals surface area contributed by atoms with E-state index in [1.807, 2.05) is 21.1 Å².